The number of hydrogen-bond acceptors (Lipinski definition) is 5. The molecule has 0 fully saturated rings. The van der Waals surface area contributed by atoms with Gasteiger partial charge in [-0.25, -0.2) is 13.9 Å². The molecule has 7 heteroatoms. The highest BCUT2D eigenvalue weighted by Gasteiger charge is 2.35. The van der Waals surface area contributed by atoms with Crippen molar-refractivity contribution in [1.82, 2.24) is 14.8 Å². The third kappa shape index (κ3) is 3.95. The molecule has 1 aliphatic rings. The lowest BCUT2D eigenvalue weighted by Crippen LogP contribution is -2.29. The third-order valence-corrected chi connectivity index (χ3v) is 5.37. The number of benzene rings is 2. The Kier molecular flexibility index (Phi) is 5.59. The van der Waals surface area contributed by atoms with Crippen molar-refractivity contribution in [3.8, 4) is 11.4 Å². The molecule has 1 aromatic heterocycles. The molecule has 1 aliphatic heterocycles. The number of nitrogens with zero attached hydrogens (tertiary/aromatic N) is 3. The minimum absolute atomic E-state index is 0.277. The second-order valence-corrected chi connectivity index (χ2v) is 7.82. The van der Waals surface area contributed by atoms with E-state index in [0.717, 1.165) is 5.56 Å². The largest absolute Gasteiger partial charge is 0.463 e. The van der Waals surface area contributed by atoms with Gasteiger partial charge in [0.25, 0.3) is 0 Å². The SMILES string of the molecule is CCOC(=O)C1=C(C)Nc2nc(-c3ccc(F)cc3)nn2C1c1ccc(C(C)C)cc1. The van der Waals surface area contributed by atoms with Crippen LogP contribution < -0.4 is 5.32 Å². The van der Waals surface area contributed by atoms with Crippen LogP contribution in [0.2, 0.25) is 0 Å². The van der Waals surface area contributed by atoms with E-state index in [-0.39, 0.29) is 12.4 Å². The van der Waals surface area contributed by atoms with Gasteiger partial charge in [-0.2, -0.15) is 4.98 Å². The summed E-state index contributed by atoms with van der Waals surface area (Å²) >= 11 is 0. The van der Waals surface area contributed by atoms with Gasteiger partial charge in [0.2, 0.25) is 5.95 Å². The van der Waals surface area contributed by atoms with Gasteiger partial charge in [0.1, 0.15) is 11.9 Å². The van der Waals surface area contributed by atoms with Gasteiger partial charge in [-0.05, 0) is 55.2 Å². The van der Waals surface area contributed by atoms with Crippen LogP contribution >= 0.6 is 0 Å². The van der Waals surface area contributed by atoms with Gasteiger partial charge in [0.15, 0.2) is 5.82 Å². The van der Waals surface area contributed by atoms with Crippen LogP contribution in [0.1, 0.15) is 50.8 Å². The Morgan fingerprint density at radius 2 is 1.84 bits per heavy atom. The zero-order valence-corrected chi connectivity index (χ0v) is 18.0. The van der Waals surface area contributed by atoms with Gasteiger partial charge in [-0.3, -0.25) is 0 Å². The average molecular weight is 420 g/mol. The number of aromatic nitrogens is 3. The molecule has 0 bridgehead atoms. The molecular weight excluding hydrogens is 395 g/mol. The van der Waals surface area contributed by atoms with Crippen LogP contribution in [0.5, 0.6) is 0 Å². The van der Waals surface area contributed by atoms with E-state index in [1.54, 1.807) is 23.7 Å². The first-order valence-electron chi connectivity index (χ1n) is 10.4. The number of allylic oxidation sites excluding steroid dienone is 1. The van der Waals surface area contributed by atoms with E-state index in [4.69, 9.17) is 4.74 Å². The number of nitrogens with one attached hydrogen (secondary N) is 1. The molecule has 0 saturated carbocycles. The lowest BCUT2D eigenvalue weighted by molar-refractivity contribution is -0.139. The molecule has 31 heavy (non-hydrogen) atoms. The molecule has 0 spiro atoms. The van der Waals surface area contributed by atoms with Gasteiger partial charge in [-0.15, -0.1) is 5.10 Å². The lowest BCUT2D eigenvalue weighted by atomic mass is 9.93. The van der Waals surface area contributed by atoms with Gasteiger partial charge < -0.3 is 10.1 Å². The number of carbonyl (C=O) groups excluding carboxylic acids is 1. The third-order valence-electron chi connectivity index (χ3n) is 5.37. The molecule has 2 aromatic carbocycles. The number of esters is 1. The van der Waals surface area contributed by atoms with Crippen molar-refractivity contribution >= 4 is 11.9 Å². The average Bonchev–Trinajstić information content (AvgIpc) is 3.17. The zero-order chi connectivity index (χ0) is 22.1. The Balaban J connectivity index is 1.83. The number of anilines is 1. The predicted octanol–water partition coefficient (Wildman–Crippen LogP) is 5.06. The Hall–Kier alpha value is -3.48. The first-order chi connectivity index (χ1) is 14.9. The molecule has 0 radical (unpaired) electrons. The van der Waals surface area contributed by atoms with Crippen molar-refractivity contribution in [1.29, 1.82) is 0 Å². The van der Waals surface area contributed by atoms with Crippen molar-refractivity contribution in [2.75, 3.05) is 11.9 Å². The number of halogens is 1. The number of ether oxygens (including phenoxy) is 1. The normalized spacial score (nSPS) is 15.6. The zero-order valence-electron chi connectivity index (χ0n) is 18.0. The predicted molar refractivity (Wildman–Crippen MR) is 117 cm³/mol. The summed E-state index contributed by atoms with van der Waals surface area (Å²) in [5.74, 6) is 0.647. The Morgan fingerprint density at radius 1 is 1.16 bits per heavy atom. The molecule has 160 valence electrons. The van der Waals surface area contributed by atoms with Crippen LogP contribution in [0.3, 0.4) is 0 Å². The van der Waals surface area contributed by atoms with E-state index in [9.17, 15) is 9.18 Å². The van der Waals surface area contributed by atoms with Crippen molar-refractivity contribution in [3.63, 3.8) is 0 Å². The summed E-state index contributed by atoms with van der Waals surface area (Å²) in [6.07, 6.45) is 0. The van der Waals surface area contributed by atoms with Gasteiger partial charge in [-0.1, -0.05) is 38.1 Å². The molecule has 6 nitrogen and oxygen atoms in total. The highest BCUT2D eigenvalue weighted by Crippen LogP contribution is 2.37. The number of fused-ring (bicyclic) bond motifs is 1. The second-order valence-electron chi connectivity index (χ2n) is 7.82. The summed E-state index contributed by atoms with van der Waals surface area (Å²) in [6, 6.07) is 13.7. The summed E-state index contributed by atoms with van der Waals surface area (Å²) in [4.78, 5) is 17.5. The van der Waals surface area contributed by atoms with Crippen LogP contribution in [0.25, 0.3) is 11.4 Å². The Labute approximate surface area is 180 Å². The van der Waals surface area contributed by atoms with Crippen LogP contribution in [-0.4, -0.2) is 27.3 Å². The van der Waals surface area contributed by atoms with E-state index in [1.165, 1.54) is 17.7 Å². The van der Waals surface area contributed by atoms with Gasteiger partial charge in [0, 0.05) is 11.3 Å². The van der Waals surface area contributed by atoms with E-state index in [2.05, 4.69) is 41.4 Å². The molecule has 1 N–H and O–H groups in total. The lowest BCUT2D eigenvalue weighted by Gasteiger charge is -2.28. The van der Waals surface area contributed by atoms with Crippen LogP contribution in [0.15, 0.2) is 59.8 Å². The number of hydrogen-bond donors (Lipinski definition) is 1. The molecule has 3 aromatic rings. The fourth-order valence-corrected chi connectivity index (χ4v) is 3.72. The Morgan fingerprint density at radius 3 is 2.45 bits per heavy atom. The molecule has 2 heterocycles. The van der Waals surface area contributed by atoms with Crippen molar-refractivity contribution < 1.29 is 13.9 Å². The maximum absolute atomic E-state index is 13.3. The summed E-state index contributed by atoms with van der Waals surface area (Å²) in [5.41, 5.74) is 3.96. The topological polar surface area (TPSA) is 69.0 Å². The summed E-state index contributed by atoms with van der Waals surface area (Å²) in [5, 5.41) is 7.85. The van der Waals surface area contributed by atoms with Crippen LogP contribution in [0, 0.1) is 5.82 Å². The standard InChI is InChI=1S/C24H25FN4O2/c1-5-31-23(30)20-15(4)26-24-27-22(18-10-12-19(25)13-11-18)28-29(24)21(20)17-8-6-16(7-9-17)14(2)3/h6-14,21H,5H2,1-4H3,(H,26,27,28). The maximum atomic E-state index is 13.3. The highest BCUT2D eigenvalue weighted by molar-refractivity contribution is 5.92. The molecule has 1 atom stereocenters. The first-order valence-corrected chi connectivity index (χ1v) is 10.4. The Bertz CT molecular complexity index is 1130. The van der Waals surface area contributed by atoms with Gasteiger partial charge in [0.05, 0.1) is 12.2 Å². The van der Waals surface area contributed by atoms with Crippen LogP contribution in [0.4, 0.5) is 10.3 Å². The van der Waals surface area contributed by atoms with Crippen molar-refractivity contribution in [2.45, 2.75) is 39.7 Å². The summed E-state index contributed by atoms with van der Waals surface area (Å²) in [7, 11) is 0. The fraction of sp³-hybridized carbons (Fsp3) is 0.292. The summed E-state index contributed by atoms with van der Waals surface area (Å²) < 4.78 is 20.4. The number of rotatable bonds is 5. The molecule has 0 aliphatic carbocycles. The summed E-state index contributed by atoms with van der Waals surface area (Å²) in [6.45, 7) is 8.16. The van der Waals surface area contributed by atoms with E-state index >= 15 is 0 Å². The molecule has 0 saturated heterocycles. The van der Waals surface area contributed by atoms with E-state index in [0.29, 0.717) is 34.5 Å². The minimum Gasteiger partial charge on any atom is -0.463 e. The van der Waals surface area contributed by atoms with E-state index in [1.807, 2.05) is 19.1 Å². The maximum Gasteiger partial charge on any atom is 0.338 e. The molecule has 1 unspecified atom stereocenters. The first kappa shape index (κ1) is 20.8. The second kappa shape index (κ2) is 8.34. The fourth-order valence-electron chi connectivity index (χ4n) is 3.72. The highest BCUT2D eigenvalue weighted by atomic mass is 19.1. The van der Waals surface area contributed by atoms with Crippen molar-refractivity contribution in [2.24, 2.45) is 0 Å². The molecule has 0 amide bonds. The monoisotopic (exact) mass is 420 g/mol. The molecular formula is C24H25FN4O2. The van der Waals surface area contributed by atoms with E-state index < -0.39 is 12.0 Å². The molecule has 4 rings (SSSR count). The quantitative estimate of drug-likeness (QED) is 0.585. The number of carbonyl (C=O) groups is 1. The van der Waals surface area contributed by atoms with Crippen molar-refractivity contribution in [3.05, 3.63) is 76.7 Å². The minimum atomic E-state index is -0.488. The smallest absolute Gasteiger partial charge is 0.338 e. The van der Waals surface area contributed by atoms with Crippen LogP contribution in [-0.2, 0) is 9.53 Å². The van der Waals surface area contributed by atoms with Gasteiger partial charge >= 0.3 is 5.97 Å².